The van der Waals surface area contributed by atoms with Crippen LogP contribution in [-0.2, 0) is 11.8 Å². The molecule has 2 aromatic heterocycles. The molecule has 0 bridgehead atoms. The van der Waals surface area contributed by atoms with Crippen molar-refractivity contribution in [3.05, 3.63) is 190 Å². The van der Waals surface area contributed by atoms with Gasteiger partial charge in [0.25, 0.3) is 0 Å². The molecule has 0 aliphatic heterocycles. The van der Waals surface area contributed by atoms with E-state index >= 15 is 0 Å². The maximum Gasteiger partial charge on any atom is 0.136 e. The highest BCUT2D eigenvalue weighted by atomic mass is 16.3. The molecule has 8 aromatic carbocycles. The predicted octanol–water partition coefficient (Wildman–Crippen LogP) is 15.7. The summed E-state index contributed by atoms with van der Waals surface area (Å²) in [5.74, 6) is 1.78. The van der Waals surface area contributed by atoms with Crippen LogP contribution < -0.4 is 10.4 Å². The second-order valence-electron chi connectivity index (χ2n) is 18.5. The first-order valence-corrected chi connectivity index (χ1v) is 22.8. The lowest BCUT2D eigenvalue weighted by molar-refractivity contribution is 0.595. The number of hydrogen-bond acceptors (Lipinski definition) is 2. The van der Waals surface area contributed by atoms with Crippen LogP contribution in [0, 0.1) is 6.92 Å². The van der Waals surface area contributed by atoms with E-state index in [9.17, 15) is 0 Å². The molecular weight excluding hydrogens is 777 g/mol. The Kier molecular flexibility index (Phi) is 8.01. The molecule has 0 amide bonds. The second-order valence-corrected chi connectivity index (χ2v) is 18.5. The topological polar surface area (TPSA) is 26.3 Å². The summed E-state index contributed by atoms with van der Waals surface area (Å²) in [7, 11) is 0. The largest absolute Gasteiger partial charge is 0.456 e. The Hall–Kier alpha value is -7.42. The van der Waals surface area contributed by atoms with E-state index in [-0.39, 0.29) is 5.41 Å². The van der Waals surface area contributed by atoms with Crippen molar-refractivity contribution in [3.8, 4) is 55.6 Å². The molecule has 0 unspecified atom stereocenters. The van der Waals surface area contributed by atoms with Crippen LogP contribution in [0.15, 0.2) is 155 Å². The lowest BCUT2D eigenvalue weighted by Crippen LogP contribution is -2.31. The number of hydrogen-bond donors (Lipinski definition) is 0. The van der Waals surface area contributed by atoms with E-state index in [4.69, 9.17) is 8.83 Å². The van der Waals surface area contributed by atoms with Crippen molar-refractivity contribution in [3.63, 3.8) is 0 Å². The van der Waals surface area contributed by atoms with Gasteiger partial charge in [-0.25, -0.2) is 0 Å². The summed E-state index contributed by atoms with van der Waals surface area (Å²) >= 11 is 0. The van der Waals surface area contributed by atoms with Crippen LogP contribution in [0.4, 0.5) is 0 Å². The number of furan rings is 2. The molecule has 0 atom stereocenters. The highest BCUT2D eigenvalue weighted by Gasteiger charge is 2.36. The minimum atomic E-state index is -0.207. The third kappa shape index (κ3) is 5.26. The molecule has 0 N–H and O–H groups in total. The van der Waals surface area contributed by atoms with Crippen LogP contribution in [0.25, 0.3) is 123 Å². The maximum absolute atomic E-state index is 6.63. The Morgan fingerprint density at radius 2 is 1.20 bits per heavy atom. The highest BCUT2D eigenvalue weighted by molar-refractivity contribution is 6.11. The molecule has 3 aliphatic rings. The molecule has 0 saturated heterocycles. The van der Waals surface area contributed by atoms with Crippen molar-refractivity contribution in [2.45, 2.75) is 51.9 Å². The second kappa shape index (κ2) is 13.8. The molecule has 0 saturated carbocycles. The summed E-state index contributed by atoms with van der Waals surface area (Å²) in [6.45, 7) is 11.2. The fraction of sp³-hybridized carbons (Fsp3) is 0.129. The van der Waals surface area contributed by atoms with Crippen LogP contribution in [0.3, 0.4) is 0 Å². The highest BCUT2D eigenvalue weighted by Crippen LogP contribution is 2.51. The molecule has 3 aliphatic carbocycles. The molecule has 2 heterocycles. The zero-order valence-corrected chi connectivity index (χ0v) is 36.4. The zero-order chi connectivity index (χ0) is 42.8. The van der Waals surface area contributed by atoms with Crippen molar-refractivity contribution >= 4 is 67.8 Å². The molecule has 64 heavy (non-hydrogen) atoms. The van der Waals surface area contributed by atoms with Crippen molar-refractivity contribution in [1.82, 2.24) is 0 Å². The summed E-state index contributed by atoms with van der Waals surface area (Å²) in [6.07, 6.45) is 15.3. The molecule has 13 rings (SSSR count). The van der Waals surface area contributed by atoms with Gasteiger partial charge in [-0.3, -0.25) is 0 Å². The van der Waals surface area contributed by atoms with Crippen LogP contribution in [-0.4, -0.2) is 0 Å². The quantitative estimate of drug-likeness (QED) is 0.173. The van der Waals surface area contributed by atoms with Gasteiger partial charge in [-0.15, -0.1) is 0 Å². The van der Waals surface area contributed by atoms with Crippen molar-refractivity contribution in [2.24, 2.45) is 0 Å². The molecular formula is C62H46O2. The van der Waals surface area contributed by atoms with E-state index in [0.717, 1.165) is 70.4 Å². The standard InChI is InChI=1S/C62H46O2/c1-5-54-61(41-31-32-56-58(36(41)2)50-22-12-13-24-55(50)64-56)51-30-26-39(35-57(51)63-54)38-25-28-43-44-29-27-40(34-53(44)62(3,4)52(43)33-38)59-46-18-8-10-20-48(46)60(49-21-11-9-19-47(49)59)45-23-14-16-37-15-6-7-17-42(37)45/h5-8,10,13-21,23-35H,1,9,11-12,22H2,2-4H3. The van der Waals surface area contributed by atoms with E-state index in [2.05, 4.69) is 185 Å². The summed E-state index contributed by atoms with van der Waals surface area (Å²) in [5, 5.41) is 10.2. The molecule has 0 fully saturated rings. The van der Waals surface area contributed by atoms with Crippen molar-refractivity contribution in [1.29, 1.82) is 0 Å². The Bertz CT molecular complexity index is 3840. The van der Waals surface area contributed by atoms with Crippen LogP contribution in [0.2, 0.25) is 0 Å². The fourth-order valence-corrected chi connectivity index (χ4v) is 11.7. The van der Waals surface area contributed by atoms with E-state index < -0.39 is 0 Å². The third-order valence-electron chi connectivity index (χ3n) is 14.8. The first kappa shape index (κ1) is 37.2. The minimum absolute atomic E-state index is 0.207. The number of allylic oxidation sites excluding steroid dienone is 1. The number of aryl methyl sites for hydroxylation is 2. The molecule has 0 spiro atoms. The number of rotatable bonds is 5. The summed E-state index contributed by atoms with van der Waals surface area (Å²) in [4.78, 5) is 0. The van der Waals surface area contributed by atoms with Gasteiger partial charge < -0.3 is 8.83 Å². The van der Waals surface area contributed by atoms with Crippen molar-refractivity contribution in [2.75, 3.05) is 0 Å². The first-order chi connectivity index (χ1) is 31.4. The van der Waals surface area contributed by atoms with E-state index in [1.54, 1.807) is 0 Å². The molecule has 306 valence electrons. The average Bonchev–Trinajstić information content (AvgIpc) is 3.97. The first-order valence-electron chi connectivity index (χ1n) is 22.8. The fourth-order valence-electron chi connectivity index (χ4n) is 11.7. The number of fused-ring (bicyclic) bond motifs is 10. The molecule has 2 heteroatoms. The molecule has 10 aromatic rings. The lowest BCUT2D eigenvalue weighted by Gasteiger charge is -2.23. The van der Waals surface area contributed by atoms with E-state index in [1.807, 2.05) is 6.08 Å². The Morgan fingerprint density at radius 1 is 0.547 bits per heavy atom. The maximum atomic E-state index is 6.63. The van der Waals surface area contributed by atoms with Crippen molar-refractivity contribution < 1.29 is 8.83 Å². The zero-order valence-electron chi connectivity index (χ0n) is 36.4. The SMILES string of the molecule is C=Cc1oc2cc(-c3ccc4c(c3)C(C)(C)c3cc(-c5c6c(c(-c7cccc8ccccc78)c7ccccc57)=CCCC=6)ccc3-4)ccc2c1-c1ccc2oc3c(c2c1C)CCC=C3. The summed E-state index contributed by atoms with van der Waals surface area (Å²) in [5.41, 5.74) is 19.3. The van der Waals surface area contributed by atoms with Gasteiger partial charge in [-0.05, 0) is 174 Å². The lowest BCUT2D eigenvalue weighted by atomic mass is 9.80. The van der Waals surface area contributed by atoms with Gasteiger partial charge in [-0.2, -0.15) is 0 Å². The Labute approximate surface area is 372 Å². The normalized spacial score (nSPS) is 14.6. The van der Waals surface area contributed by atoms with Crippen LogP contribution in [0.5, 0.6) is 0 Å². The van der Waals surface area contributed by atoms with Gasteiger partial charge >= 0.3 is 0 Å². The smallest absolute Gasteiger partial charge is 0.136 e. The van der Waals surface area contributed by atoms with Gasteiger partial charge in [-0.1, -0.05) is 142 Å². The van der Waals surface area contributed by atoms with E-state index in [0.29, 0.717) is 0 Å². The number of benzene rings is 8. The monoisotopic (exact) mass is 822 g/mol. The average molecular weight is 823 g/mol. The predicted molar refractivity (Wildman–Crippen MR) is 270 cm³/mol. The molecule has 0 radical (unpaired) electrons. The Morgan fingerprint density at radius 3 is 2.00 bits per heavy atom. The van der Waals surface area contributed by atoms with Gasteiger partial charge in [0.15, 0.2) is 0 Å². The minimum Gasteiger partial charge on any atom is -0.456 e. The van der Waals surface area contributed by atoms with Gasteiger partial charge in [0.05, 0.1) is 0 Å². The van der Waals surface area contributed by atoms with Gasteiger partial charge in [0.1, 0.15) is 22.7 Å². The Balaban J connectivity index is 0.908. The van der Waals surface area contributed by atoms with Gasteiger partial charge in [0, 0.05) is 27.3 Å². The van der Waals surface area contributed by atoms with Crippen LogP contribution >= 0.6 is 0 Å². The van der Waals surface area contributed by atoms with E-state index in [1.165, 1.54) is 98.6 Å². The summed E-state index contributed by atoms with van der Waals surface area (Å²) < 4.78 is 12.9. The summed E-state index contributed by atoms with van der Waals surface area (Å²) in [6, 6.07) is 49.9. The van der Waals surface area contributed by atoms with Crippen LogP contribution in [0.1, 0.15) is 66.9 Å². The molecule has 2 nitrogen and oxygen atoms in total. The van der Waals surface area contributed by atoms with Gasteiger partial charge in [0.2, 0.25) is 0 Å². The third-order valence-corrected chi connectivity index (χ3v) is 14.8.